The SMILES string of the molecule is Cc1cc(=O)n2nc(CSc3ccncc3N)sc2n1. The van der Waals surface area contributed by atoms with E-state index in [0.717, 1.165) is 9.90 Å². The van der Waals surface area contributed by atoms with Gasteiger partial charge >= 0.3 is 0 Å². The summed E-state index contributed by atoms with van der Waals surface area (Å²) in [4.78, 5) is 21.6. The Morgan fingerprint density at radius 3 is 3.15 bits per heavy atom. The largest absolute Gasteiger partial charge is 0.397 e. The number of pyridine rings is 1. The number of anilines is 1. The molecule has 3 heterocycles. The van der Waals surface area contributed by atoms with Crippen molar-refractivity contribution in [2.24, 2.45) is 0 Å². The number of hydrogen-bond acceptors (Lipinski definition) is 7. The van der Waals surface area contributed by atoms with Crippen molar-refractivity contribution in [2.45, 2.75) is 17.6 Å². The van der Waals surface area contributed by atoms with E-state index >= 15 is 0 Å². The number of nitrogens with two attached hydrogens (primary N) is 1. The topological polar surface area (TPSA) is 86.2 Å². The van der Waals surface area contributed by atoms with Crippen LogP contribution in [-0.4, -0.2) is 19.6 Å². The van der Waals surface area contributed by atoms with Crippen LogP contribution in [0.25, 0.3) is 4.96 Å². The molecule has 8 heteroatoms. The van der Waals surface area contributed by atoms with Gasteiger partial charge in [-0.2, -0.15) is 9.61 Å². The van der Waals surface area contributed by atoms with Crippen molar-refractivity contribution >= 4 is 33.7 Å². The molecule has 0 bridgehead atoms. The summed E-state index contributed by atoms with van der Waals surface area (Å²) in [5.41, 5.74) is 7.03. The van der Waals surface area contributed by atoms with Gasteiger partial charge in [0.15, 0.2) is 0 Å². The molecule has 20 heavy (non-hydrogen) atoms. The second kappa shape index (κ2) is 5.22. The van der Waals surface area contributed by atoms with Crippen LogP contribution < -0.4 is 11.3 Å². The summed E-state index contributed by atoms with van der Waals surface area (Å²) in [5, 5.41) is 5.12. The summed E-state index contributed by atoms with van der Waals surface area (Å²) >= 11 is 2.98. The lowest BCUT2D eigenvalue weighted by atomic mass is 10.4. The van der Waals surface area contributed by atoms with Gasteiger partial charge in [-0.1, -0.05) is 11.3 Å². The van der Waals surface area contributed by atoms with Crippen LogP contribution in [0.1, 0.15) is 10.7 Å². The van der Waals surface area contributed by atoms with Crippen molar-refractivity contribution < 1.29 is 0 Å². The molecule has 0 aliphatic carbocycles. The molecule has 0 radical (unpaired) electrons. The Hall–Kier alpha value is -1.93. The number of aromatic nitrogens is 4. The molecule has 3 aromatic heterocycles. The van der Waals surface area contributed by atoms with Gasteiger partial charge in [0.1, 0.15) is 5.01 Å². The zero-order chi connectivity index (χ0) is 14.1. The normalized spacial score (nSPS) is 11.1. The van der Waals surface area contributed by atoms with E-state index in [1.54, 1.807) is 31.1 Å². The molecule has 0 aliphatic rings. The van der Waals surface area contributed by atoms with E-state index in [9.17, 15) is 4.79 Å². The molecule has 3 aromatic rings. The molecule has 0 fully saturated rings. The van der Waals surface area contributed by atoms with Crippen molar-refractivity contribution in [1.82, 2.24) is 19.6 Å². The number of nitrogen functional groups attached to an aromatic ring is 1. The van der Waals surface area contributed by atoms with E-state index in [2.05, 4.69) is 15.1 Å². The Morgan fingerprint density at radius 1 is 1.50 bits per heavy atom. The van der Waals surface area contributed by atoms with Crippen LogP contribution in [0, 0.1) is 6.92 Å². The summed E-state index contributed by atoms with van der Waals surface area (Å²) in [6.45, 7) is 1.80. The van der Waals surface area contributed by atoms with Gasteiger partial charge in [-0.25, -0.2) is 4.98 Å². The van der Waals surface area contributed by atoms with Crippen molar-refractivity contribution in [2.75, 3.05) is 5.73 Å². The van der Waals surface area contributed by atoms with Gasteiger partial charge in [0.25, 0.3) is 5.56 Å². The number of nitrogens with zero attached hydrogens (tertiary/aromatic N) is 4. The fourth-order valence-electron chi connectivity index (χ4n) is 1.68. The third kappa shape index (κ3) is 2.52. The lowest BCUT2D eigenvalue weighted by molar-refractivity contribution is 0.870. The highest BCUT2D eigenvalue weighted by Crippen LogP contribution is 2.28. The first-order valence-corrected chi connectivity index (χ1v) is 7.62. The molecule has 102 valence electrons. The van der Waals surface area contributed by atoms with Gasteiger partial charge in [-0.3, -0.25) is 9.78 Å². The summed E-state index contributed by atoms with van der Waals surface area (Å²) in [5.74, 6) is 0.640. The van der Waals surface area contributed by atoms with Crippen LogP contribution in [0.4, 0.5) is 5.69 Å². The lowest BCUT2D eigenvalue weighted by Gasteiger charge is -2.01. The molecule has 0 aromatic carbocycles. The third-order valence-electron chi connectivity index (χ3n) is 2.58. The van der Waals surface area contributed by atoms with Gasteiger partial charge in [-0.05, 0) is 13.0 Å². The van der Waals surface area contributed by atoms with E-state index in [1.165, 1.54) is 21.9 Å². The zero-order valence-electron chi connectivity index (χ0n) is 10.6. The molecule has 0 saturated carbocycles. The molecular weight excluding hydrogens is 294 g/mol. The Kier molecular flexibility index (Phi) is 3.41. The zero-order valence-corrected chi connectivity index (χ0v) is 12.2. The first kappa shape index (κ1) is 13.1. The minimum absolute atomic E-state index is 0.150. The van der Waals surface area contributed by atoms with Crippen LogP contribution in [0.3, 0.4) is 0 Å². The van der Waals surface area contributed by atoms with Crippen molar-refractivity contribution in [3.05, 3.63) is 45.6 Å². The average molecular weight is 305 g/mol. The van der Waals surface area contributed by atoms with Crippen LogP contribution in [-0.2, 0) is 5.75 Å². The van der Waals surface area contributed by atoms with Crippen molar-refractivity contribution in [3.8, 4) is 0 Å². The predicted molar refractivity (Wildman–Crippen MR) is 80.1 cm³/mol. The molecule has 3 rings (SSSR count). The number of aryl methyl sites for hydroxylation is 1. The van der Waals surface area contributed by atoms with Crippen LogP contribution in [0.5, 0.6) is 0 Å². The Morgan fingerprint density at radius 2 is 2.35 bits per heavy atom. The van der Waals surface area contributed by atoms with E-state index in [4.69, 9.17) is 5.73 Å². The highest BCUT2D eigenvalue weighted by molar-refractivity contribution is 7.98. The fraction of sp³-hybridized carbons (Fsp3) is 0.167. The predicted octanol–water partition coefficient (Wildman–Crippen LogP) is 1.73. The van der Waals surface area contributed by atoms with Crippen LogP contribution in [0.2, 0.25) is 0 Å². The van der Waals surface area contributed by atoms with E-state index < -0.39 is 0 Å². The summed E-state index contributed by atoms with van der Waals surface area (Å²) in [6.07, 6.45) is 3.32. The molecule has 0 unspecified atom stereocenters. The highest BCUT2D eigenvalue weighted by atomic mass is 32.2. The maximum atomic E-state index is 11.8. The van der Waals surface area contributed by atoms with E-state index in [-0.39, 0.29) is 5.56 Å². The van der Waals surface area contributed by atoms with E-state index in [0.29, 0.717) is 22.1 Å². The standard InChI is InChI=1S/C12H11N5OS2/c1-7-4-11(18)17-12(15-7)20-10(16-17)6-19-9-2-3-14-5-8(9)13/h2-5H,6,13H2,1H3. The maximum Gasteiger partial charge on any atom is 0.275 e. The summed E-state index contributed by atoms with van der Waals surface area (Å²) in [6, 6.07) is 3.34. The number of rotatable bonds is 3. The van der Waals surface area contributed by atoms with Gasteiger partial charge in [0.2, 0.25) is 4.96 Å². The number of thioether (sulfide) groups is 1. The van der Waals surface area contributed by atoms with Gasteiger partial charge in [0, 0.05) is 22.9 Å². The van der Waals surface area contributed by atoms with Crippen molar-refractivity contribution in [3.63, 3.8) is 0 Å². The number of hydrogen-bond donors (Lipinski definition) is 1. The molecule has 6 nitrogen and oxygen atoms in total. The minimum Gasteiger partial charge on any atom is -0.397 e. The van der Waals surface area contributed by atoms with E-state index in [1.807, 2.05) is 6.07 Å². The molecule has 0 amide bonds. The lowest BCUT2D eigenvalue weighted by Crippen LogP contribution is -2.14. The van der Waals surface area contributed by atoms with Crippen LogP contribution in [0.15, 0.2) is 34.2 Å². The number of fused-ring (bicyclic) bond motifs is 1. The first-order valence-electron chi connectivity index (χ1n) is 5.82. The average Bonchev–Trinajstić information content (AvgIpc) is 2.81. The molecule has 2 N–H and O–H groups in total. The second-order valence-electron chi connectivity index (χ2n) is 4.13. The molecule has 0 saturated heterocycles. The van der Waals surface area contributed by atoms with Crippen LogP contribution >= 0.6 is 23.1 Å². The monoisotopic (exact) mass is 305 g/mol. The minimum atomic E-state index is -0.150. The van der Waals surface area contributed by atoms with Gasteiger partial charge < -0.3 is 5.73 Å². The quantitative estimate of drug-likeness (QED) is 0.742. The second-order valence-corrected chi connectivity index (χ2v) is 6.19. The summed E-state index contributed by atoms with van der Waals surface area (Å²) in [7, 11) is 0. The Balaban J connectivity index is 1.87. The van der Waals surface area contributed by atoms with Gasteiger partial charge in [0.05, 0.1) is 17.6 Å². The highest BCUT2D eigenvalue weighted by Gasteiger charge is 2.08. The Labute approximate surface area is 122 Å². The smallest absolute Gasteiger partial charge is 0.275 e. The van der Waals surface area contributed by atoms with Crippen molar-refractivity contribution in [1.29, 1.82) is 0 Å². The molecule has 0 aliphatic heterocycles. The third-order valence-corrected chi connectivity index (χ3v) is 4.77. The summed E-state index contributed by atoms with van der Waals surface area (Å²) < 4.78 is 1.34. The fourth-order valence-corrected chi connectivity index (χ4v) is 3.55. The first-order chi connectivity index (χ1) is 9.63. The van der Waals surface area contributed by atoms with Gasteiger partial charge in [-0.15, -0.1) is 11.8 Å². The molecule has 0 spiro atoms. The maximum absolute atomic E-state index is 11.8. The molecule has 0 atom stereocenters. The Bertz CT molecular complexity index is 826. The molecular formula is C12H11N5OS2.